The summed E-state index contributed by atoms with van der Waals surface area (Å²) >= 11 is 0. The van der Waals surface area contributed by atoms with E-state index in [1.165, 1.54) is 18.3 Å². The van der Waals surface area contributed by atoms with Crippen molar-refractivity contribution in [3.8, 4) is 0 Å². The van der Waals surface area contributed by atoms with E-state index in [-0.39, 0.29) is 11.9 Å². The zero-order chi connectivity index (χ0) is 19.3. The molecule has 26 heavy (non-hydrogen) atoms. The molecule has 1 fully saturated rings. The topological polar surface area (TPSA) is 112 Å². The molecular weight excluding hydrogens is 351 g/mol. The van der Waals surface area contributed by atoms with Gasteiger partial charge in [0.25, 0.3) is 5.84 Å². The highest BCUT2D eigenvalue weighted by Crippen LogP contribution is 2.32. The maximum atomic E-state index is 12.4. The van der Waals surface area contributed by atoms with Crippen molar-refractivity contribution in [1.29, 1.82) is 0 Å². The highest BCUT2D eigenvalue weighted by Gasteiger charge is 2.40. The zero-order valence-electron chi connectivity index (χ0n) is 14.0. The van der Waals surface area contributed by atoms with Gasteiger partial charge in [-0.25, -0.2) is 4.79 Å². The van der Waals surface area contributed by atoms with Crippen LogP contribution in [-0.2, 0) is 0 Å². The van der Waals surface area contributed by atoms with Gasteiger partial charge in [-0.15, -0.1) is 0 Å². The zero-order valence-corrected chi connectivity index (χ0v) is 14.0. The molecule has 0 saturated heterocycles. The number of aromatic nitrogens is 1. The van der Waals surface area contributed by atoms with Crippen LogP contribution in [0, 0.1) is 5.92 Å². The monoisotopic (exact) mass is 372 g/mol. The Morgan fingerprint density at radius 2 is 2.12 bits per heavy atom. The summed E-state index contributed by atoms with van der Waals surface area (Å²) in [6.45, 7) is 1.93. The third kappa shape index (κ3) is 6.03. The predicted molar refractivity (Wildman–Crippen MR) is 88.8 cm³/mol. The quantitative estimate of drug-likeness (QED) is 0.377. The van der Waals surface area contributed by atoms with Crippen molar-refractivity contribution in [3.05, 3.63) is 36.3 Å². The maximum Gasteiger partial charge on any atom is 0.420 e. The second-order valence-corrected chi connectivity index (χ2v) is 6.07. The van der Waals surface area contributed by atoms with Crippen LogP contribution in [0.15, 0.2) is 30.6 Å². The van der Waals surface area contributed by atoms with Crippen molar-refractivity contribution in [2.45, 2.75) is 38.1 Å². The number of amides is 2. The minimum Gasteiger partial charge on any atom is -0.378 e. The van der Waals surface area contributed by atoms with Crippen molar-refractivity contribution >= 4 is 17.6 Å². The number of hydrogen-bond acceptors (Lipinski definition) is 4. The molecule has 2 rings (SSSR count). The number of alkyl halides is 3. The fourth-order valence-corrected chi connectivity index (χ4v) is 2.18. The third-order valence-corrected chi connectivity index (χ3v) is 3.84. The van der Waals surface area contributed by atoms with Crippen molar-refractivity contribution < 1.29 is 28.5 Å². The first-order chi connectivity index (χ1) is 12.2. The van der Waals surface area contributed by atoms with E-state index in [2.05, 4.69) is 20.9 Å². The molecule has 142 valence electrons. The van der Waals surface area contributed by atoms with Crippen molar-refractivity contribution in [2.75, 3.05) is 5.32 Å². The normalized spacial score (nSPS) is 16.8. The Labute approximate surface area is 148 Å². The van der Waals surface area contributed by atoms with E-state index in [0.29, 0.717) is 11.6 Å². The van der Waals surface area contributed by atoms with Crippen LogP contribution < -0.4 is 21.4 Å². The summed E-state index contributed by atoms with van der Waals surface area (Å²) in [5.41, 5.74) is -0.111. The van der Waals surface area contributed by atoms with Crippen LogP contribution in [0.2, 0.25) is 0 Å². The molecule has 0 bridgehead atoms. The number of nitrogens with zero attached hydrogens (tertiary/aromatic N) is 1. The number of nitrogens with two attached hydrogens (primary N) is 1. The van der Waals surface area contributed by atoms with E-state index in [1.807, 2.05) is 6.92 Å². The van der Waals surface area contributed by atoms with E-state index in [4.69, 9.17) is 10.5 Å². The standard InChI is InChI=1S/C16H20F3N5O2/c1-9(10-2-3-10)23-15(26)24-13(20)6-7-21-11-4-5-12(22-8-11)14(25)16(17,18)19/h4-10,14,21,25H,2-3H2,1H3,(H3,20,23,24,26)/p+1/b7-6-/t9-,14?/m0/s1. The van der Waals surface area contributed by atoms with Crippen molar-refractivity contribution in [2.24, 2.45) is 5.92 Å². The third-order valence-electron chi connectivity index (χ3n) is 3.84. The van der Waals surface area contributed by atoms with Gasteiger partial charge >= 0.3 is 12.2 Å². The molecule has 1 heterocycles. The molecule has 1 aliphatic carbocycles. The van der Waals surface area contributed by atoms with Crippen LogP contribution in [0.3, 0.4) is 0 Å². The molecule has 10 heteroatoms. The van der Waals surface area contributed by atoms with E-state index >= 15 is 0 Å². The summed E-state index contributed by atoms with van der Waals surface area (Å²) in [4.78, 5) is 15.3. The molecule has 0 spiro atoms. The minimum atomic E-state index is -4.77. The minimum absolute atomic E-state index is 0.0848. The number of amidine groups is 1. The number of carbonyl (C=O) groups excluding carboxylic acids is 1. The number of carbonyl (C=O) groups is 1. The molecular formula is C16H21F3N5O2+. The van der Waals surface area contributed by atoms with E-state index in [0.717, 1.165) is 25.1 Å². The summed E-state index contributed by atoms with van der Waals surface area (Å²) < 4.78 is 37.2. The van der Waals surface area contributed by atoms with Gasteiger partial charge in [-0.05, 0) is 37.8 Å². The largest absolute Gasteiger partial charge is 0.420 e. The van der Waals surface area contributed by atoms with Crippen LogP contribution in [0.1, 0.15) is 31.6 Å². The second-order valence-electron chi connectivity index (χ2n) is 6.07. The average molecular weight is 372 g/mol. The van der Waals surface area contributed by atoms with Gasteiger partial charge in [0.05, 0.1) is 17.6 Å². The maximum absolute atomic E-state index is 12.4. The lowest BCUT2D eigenvalue weighted by molar-refractivity contribution is -0.207. The van der Waals surface area contributed by atoms with Gasteiger partial charge in [0.15, 0.2) is 6.10 Å². The average Bonchev–Trinajstić information content (AvgIpc) is 3.38. The van der Waals surface area contributed by atoms with Gasteiger partial charge in [-0.1, -0.05) is 0 Å². The van der Waals surface area contributed by atoms with Crippen LogP contribution in [0.25, 0.3) is 0 Å². The first-order valence-electron chi connectivity index (χ1n) is 8.00. The highest BCUT2D eigenvalue weighted by molar-refractivity contribution is 6.00. The van der Waals surface area contributed by atoms with Gasteiger partial charge in [-0.2, -0.15) is 18.5 Å². The Morgan fingerprint density at radius 1 is 1.42 bits per heavy atom. The van der Waals surface area contributed by atoms with Crippen molar-refractivity contribution in [3.63, 3.8) is 0 Å². The molecule has 1 aromatic rings. The molecule has 1 aromatic heterocycles. The number of anilines is 1. The van der Waals surface area contributed by atoms with Gasteiger partial charge < -0.3 is 15.7 Å². The molecule has 6 N–H and O–H groups in total. The molecule has 1 aliphatic rings. The Balaban J connectivity index is 1.78. The molecule has 0 radical (unpaired) electrons. The number of pyridine rings is 1. The predicted octanol–water partition coefficient (Wildman–Crippen LogP) is 0.858. The van der Waals surface area contributed by atoms with Gasteiger partial charge in [-0.3, -0.25) is 10.4 Å². The van der Waals surface area contributed by atoms with Crippen molar-refractivity contribution in [1.82, 2.24) is 15.6 Å². The first-order valence-corrected chi connectivity index (χ1v) is 8.00. The second kappa shape index (κ2) is 8.17. The molecule has 0 aromatic carbocycles. The van der Waals surface area contributed by atoms with Gasteiger partial charge in [0.2, 0.25) is 0 Å². The fraction of sp³-hybridized carbons (Fsp3) is 0.438. The summed E-state index contributed by atoms with van der Waals surface area (Å²) in [6, 6.07) is 2.07. The number of aliphatic hydroxyl groups excluding tert-OH is 1. The summed E-state index contributed by atoms with van der Waals surface area (Å²) in [6.07, 6.45) is -1.25. The number of aliphatic hydroxyl groups is 1. The smallest absolute Gasteiger partial charge is 0.378 e. The Morgan fingerprint density at radius 3 is 2.65 bits per heavy atom. The highest BCUT2D eigenvalue weighted by atomic mass is 19.4. The Bertz CT molecular complexity index is 671. The molecule has 1 saturated carbocycles. The summed E-state index contributed by atoms with van der Waals surface area (Å²) in [5, 5.41) is 22.7. The van der Waals surface area contributed by atoms with Gasteiger partial charge in [0.1, 0.15) is 0 Å². The molecule has 7 nitrogen and oxygen atoms in total. The van der Waals surface area contributed by atoms with E-state index in [1.54, 1.807) is 0 Å². The van der Waals surface area contributed by atoms with Crippen LogP contribution in [0.5, 0.6) is 0 Å². The van der Waals surface area contributed by atoms with Gasteiger partial charge in [0, 0.05) is 18.3 Å². The fourth-order valence-electron chi connectivity index (χ4n) is 2.18. The molecule has 2 amide bonds. The molecule has 0 aliphatic heterocycles. The van der Waals surface area contributed by atoms with Crippen LogP contribution in [-0.4, -0.2) is 34.2 Å². The number of urea groups is 1. The summed E-state index contributed by atoms with van der Waals surface area (Å²) in [7, 11) is 0. The first kappa shape index (κ1) is 19.7. The number of rotatable bonds is 6. The summed E-state index contributed by atoms with van der Waals surface area (Å²) in [5.74, 6) is 0.612. The van der Waals surface area contributed by atoms with Crippen LogP contribution in [0.4, 0.5) is 23.7 Å². The number of halogens is 3. The number of hydrogen-bond donors (Lipinski definition) is 5. The Kier molecular flexibility index (Phi) is 6.19. The lowest BCUT2D eigenvalue weighted by Gasteiger charge is -2.13. The molecule has 1 unspecified atom stereocenters. The van der Waals surface area contributed by atoms with E-state index < -0.39 is 24.0 Å². The Hall–Kier alpha value is -2.62. The lowest BCUT2D eigenvalue weighted by atomic mass is 10.2. The number of nitrogens with one attached hydrogen (secondary N) is 3. The molecule has 2 atom stereocenters. The van der Waals surface area contributed by atoms with Crippen LogP contribution >= 0.6 is 0 Å². The SMILES string of the molecule is C[C@H](NC(=O)NC(=[NH2+])/C=C\Nc1ccc(C(O)C(F)(F)F)nc1)C1CC1. The lowest BCUT2D eigenvalue weighted by Crippen LogP contribution is -2.53. The van der Waals surface area contributed by atoms with E-state index in [9.17, 15) is 18.0 Å².